The van der Waals surface area contributed by atoms with Crippen LogP contribution >= 0.6 is 23.4 Å². The molecule has 7 nitrogen and oxygen atoms in total. The molecule has 9 heteroatoms. The molecule has 3 rings (SSSR count). The summed E-state index contributed by atoms with van der Waals surface area (Å²) in [5.41, 5.74) is 1.59. The Morgan fingerprint density at radius 3 is 2.45 bits per heavy atom. The van der Waals surface area contributed by atoms with Gasteiger partial charge in [0.05, 0.1) is 22.4 Å². The first-order valence-corrected chi connectivity index (χ1v) is 12.1. The van der Waals surface area contributed by atoms with Gasteiger partial charge in [0, 0.05) is 13.6 Å². The summed E-state index contributed by atoms with van der Waals surface area (Å²) in [7, 11) is 1.84. The zero-order chi connectivity index (χ0) is 23.8. The topological polar surface area (TPSA) is 88.9 Å². The fourth-order valence-electron chi connectivity index (χ4n) is 3.29. The van der Waals surface area contributed by atoms with E-state index in [1.165, 1.54) is 17.3 Å². The van der Waals surface area contributed by atoms with Crippen LogP contribution in [0.4, 0.5) is 0 Å². The molecule has 0 saturated heterocycles. The van der Waals surface area contributed by atoms with Crippen LogP contribution in [0.3, 0.4) is 0 Å². The van der Waals surface area contributed by atoms with Gasteiger partial charge in [0.15, 0.2) is 11.0 Å². The molecule has 0 saturated carbocycles. The first-order chi connectivity index (χ1) is 15.9. The Balaban J connectivity index is 1.58. The van der Waals surface area contributed by atoms with Crippen LogP contribution in [0.15, 0.2) is 59.8 Å². The van der Waals surface area contributed by atoms with Crippen LogP contribution in [0, 0.1) is 5.92 Å². The number of halogens is 1. The first kappa shape index (κ1) is 24.8. The summed E-state index contributed by atoms with van der Waals surface area (Å²) in [4.78, 5) is 25.0. The second-order valence-electron chi connectivity index (χ2n) is 7.95. The highest BCUT2D eigenvalue weighted by Gasteiger charge is 2.26. The summed E-state index contributed by atoms with van der Waals surface area (Å²) in [6.45, 7) is 4.58. The van der Waals surface area contributed by atoms with Crippen molar-refractivity contribution in [3.8, 4) is 0 Å². The Hall–Kier alpha value is -2.84. The van der Waals surface area contributed by atoms with Crippen LogP contribution in [0.2, 0.25) is 5.02 Å². The number of hydrogen-bond donors (Lipinski definition) is 2. The molecule has 174 valence electrons. The minimum Gasteiger partial charge on any atom is -0.355 e. The molecule has 0 aliphatic rings. The number of nitrogens with zero attached hydrogens (tertiary/aromatic N) is 3. The van der Waals surface area contributed by atoms with E-state index in [0.29, 0.717) is 28.1 Å². The molecule has 1 heterocycles. The molecule has 0 aliphatic heterocycles. The zero-order valence-corrected chi connectivity index (χ0v) is 20.5. The summed E-state index contributed by atoms with van der Waals surface area (Å²) in [5.74, 6) is 0.595. The Morgan fingerprint density at radius 1 is 1.06 bits per heavy atom. The molecule has 33 heavy (non-hydrogen) atoms. The van der Waals surface area contributed by atoms with Gasteiger partial charge in [-0.1, -0.05) is 79.7 Å². The molecule has 0 bridgehead atoms. The highest BCUT2D eigenvalue weighted by Crippen LogP contribution is 2.25. The van der Waals surface area contributed by atoms with Gasteiger partial charge in [0.2, 0.25) is 5.91 Å². The van der Waals surface area contributed by atoms with E-state index in [4.69, 9.17) is 11.6 Å². The number of hydrogen-bond acceptors (Lipinski definition) is 5. The maximum Gasteiger partial charge on any atom is 0.253 e. The van der Waals surface area contributed by atoms with Gasteiger partial charge >= 0.3 is 0 Å². The fourth-order valence-corrected chi connectivity index (χ4v) is 4.26. The highest BCUT2D eigenvalue weighted by molar-refractivity contribution is 7.99. The van der Waals surface area contributed by atoms with E-state index in [-0.39, 0.29) is 29.5 Å². The number of benzene rings is 2. The lowest BCUT2D eigenvalue weighted by molar-refractivity contribution is -0.118. The molecule has 0 aliphatic carbocycles. The molecule has 0 radical (unpaired) electrons. The van der Waals surface area contributed by atoms with Crippen LogP contribution in [-0.2, 0) is 18.3 Å². The summed E-state index contributed by atoms with van der Waals surface area (Å²) in [6.07, 6.45) is 0.784. The SMILES string of the molecule is CC(C)C(NC(=O)c1ccccc1Cl)c1nnc(SCC(=O)NCCc2ccccc2)n1C. The van der Waals surface area contributed by atoms with E-state index >= 15 is 0 Å². The van der Waals surface area contributed by atoms with Gasteiger partial charge in [-0.3, -0.25) is 9.59 Å². The molecule has 0 fully saturated rings. The largest absolute Gasteiger partial charge is 0.355 e. The van der Waals surface area contributed by atoms with Gasteiger partial charge in [-0.2, -0.15) is 0 Å². The Bertz CT molecular complexity index is 1090. The molecule has 1 atom stereocenters. The van der Waals surface area contributed by atoms with Gasteiger partial charge in [-0.05, 0) is 30.0 Å². The van der Waals surface area contributed by atoms with Crippen molar-refractivity contribution in [2.75, 3.05) is 12.3 Å². The minimum atomic E-state index is -0.361. The monoisotopic (exact) mass is 485 g/mol. The van der Waals surface area contributed by atoms with Crippen LogP contribution in [0.5, 0.6) is 0 Å². The Kier molecular flexibility index (Phi) is 8.91. The molecular formula is C24H28ClN5O2S. The molecule has 2 N–H and O–H groups in total. The molecule has 1 aromatic heterocycles. The van der Waals surface area contributed by atoms with Gasteiger partial charge < -0.3 is 15.2 Å². The van der Waals surface area contributed by atoms with Gasteiger partial charge in [-0.15, -0.1) is 10.2 Å². The fraction of sp³-hybridized carbons (Fsp3) is 0.333. The van der Waals surface area contributed by atoms with E-state index in [1.807, 2.05) is 55.8 Å². The summed E-state index contributed by atoms with van der Waals surface area (Å²) < 4.78 is 1.82. The van der Waals surface area contributed by atoms with Crippen LogP contribution in [0.1, 0.15) is 41.6 Å². The second-order valence-corrected chi connectivity index (χ2v) is 9.30. The quantitative estimate of drug-likeness (QED) is 0.423. The van der Waals surface area contributed by atoms with Crippen LogP contribution in [0.25, 0.3) is 0 Å². The average molecular weight is 486 g/mol. The number of amides is 2. The molecule has 3 aromatic rings. The smallest absolute Gasteiger partial charge is 0.253 e. The maximum absolute atomic E-state index is 12.8. The van der Waals surface area contributed by atoms with E-state index in [1.54, 1.807) is 24.3 Å². The number of aromatic nitrogens is 3. The third-order valence-corrected chi connectivity index (χ3v) is 6.48. The third-order valence-electron chi connectivity index (χ3n) is 5.13. The van der Waals surface area contributed by atoms with E-state index < -0.39 is 0 Å². The number of carbonyl (C=O) groups is 2. The van der Waals surface area contributed by atoms with Gasteiger partial charge in [0.1, 0.15) is 0 Å². The third kappa shape index (κ3) is 6.82. The van der Waals surface area contributed by atoms with Crippen molar-refractivity contribution in [1.82, 2.24) is 25.4 Å². The molecular weight excluding hydrogens is 458 g/mol. The molecule has 2 aromatic carbocycles. The lowest BCUT2D eigenvalue weighted by Gasteiger charge is -2.22. The molecule has 2 amide bonds. The summed E-state index contributed by atoms with van der Waals surface area (Å²) in [5, 5.41) is 15.5. The number of thioether (sulfide) groups is 1. The number of carbonyl (C=O) groups excluding carboxylic acids is 2. The zero-order valence-electron chi connectivity index (χ0n) is 18.9. The van der Waals surface area contributed by atoms with Crippen molar-refractivity contribution >= 4 is 35.2 Å². The first-order valence-electron chi connectivity index (χ1n) is 10.7. The lowest BCUT2D eigenvalue weighted by Crippen LogP contribution is -2.33. The average Bonchev–Trinajstić information content (AvgIpc) is 3.16. The number of nitrogens with one attached hydrogen (secondary N) is 2. The Morgan fingerprint density at radius 2 is 1.76 bits per heavy atom. The maximum atomic E-state index is 12.8. The summed E-state index contributed by atoms with van der Waals surface area (Å²) >= 11 is 7.48. The van der Waals surface area contributed by atoms with Gasteiger partial charge in [-0.25, -0.2) is 0 Å². The van der Waals surface area contributed by atoms with Crippen molar-refractivity contribution < 1.29 is 9.59 Å². The highest BCUT2D eigenvalue weighted by atomic mass is 35.5. The lowest BCUT2D eigenvalue weighted by atomic mass is 10.0. The van der Waals surface area contributed by atoms with Crippen LogP contribution in [-0.4, -0.2) is 38.9 Å². The van der Waals surface area contributed by atoms with Crippen molar-refractivity contribution in [1.29, 1.82) is 0 Å². The van der Waals surface area contributed by atoms with Crippen LogP contribution < -0.4 is 10.6 Å². The van der Waals surface area contributed by atoms with Crippen molar-refractivity contribution in [2.24, 2.45) is 13.0 Å². The van der Waals surface area contributed by atoms with Crippen molar-refractivity contribution in [2.45, 2.75) is 31.5 Å². The molecule has 0 spiro atoms. The second kappa shape index (κ2) is 11.9. The minimum absolute atomic E-state index is 0.0621. The predicted octanol–water partition coefficient (Wildman–Crippen LogP) is 4.05. The molecule has 1 unspecified atom stereocenters. The van der Waals surface area contributed by atoms with E-state index in [0.717, 1.165) is 6.42 Å². The number of rotatable bonds is 10. The summed E-state index contributed by atoms with van der Waals surface area (Å²) in [6, 6.07) is 16.6. The predicted molar refractivity (Wildman–Crippen MR) is 131 cm³/mol. The van der Waals surface area contributed by atoms with Gasteiger partial charge in [0.25, 0.3) is 5.91 Å². The normalized spacial score (nSPS) is 11.9. The standard InChI is InChI=1S/C24H28ClN5O2S/c1-16(2)21(27-23(32)18-11-7-8-12-19(18)25)22-28-29-24(30(22)3)33-15-20(31)26-14-13-17-9-5-4-6-10-17/h4-12,16,21H,13-15H2,1-3H3,(H,26,31)(H,27,32). The van der Waals surface area contributed by atoms with E-state index in [9.17, 15) is 9.59 Å². The Labute approximate surface area is 203 Å². The van der Waals surface area contributed by atoms with Crippen molar-refractivity contribution in [3.63, 3.8) is 0 Å². The van der Waals surface area contributed by atoms with Crippen molar-refractivity contribution in [3.05, 3.63) is 76.6 Å². The van der Waals surface area contributed by atoms with E-state index in [2.05, 4.69) is 20.8 Å².